The van der Waals surface area contributed by atoms with Crippen LogP contribution in [0.15, 0.2) is 17.5 Å². The van der Waals surface area contributed by atoms with Crippen LogP contribution in [0.5, 0.6) is 0 Å². The molecule has 3 rings (SSSR count). The van der Waals surface area contributed by atoms with Crippen molar-refractivity contribution < 1.29 is 9.90 Å². The molecule has 21 heavy (non-hydrogen) atoms. The Labute approximate surface area is 132 Å². The molecule has 2 aromatic rings. The van der Waals surface area contributed by atoms with Gasteiger partial charge < -0.3 is 10.0 Å². The number of hydrogen-bond donors (Lipinski definition) is 1. The van der Waals surface area contributed by atoms with E-state index in [4.69, 9.17) is 0 Å². The van der Waals surface area contributed by atoms with Crippen molar-refractivity contribution in [1.29, 1.82) is 0 Å². The zero-order chi connectivity index (χ0) is 14.7. The van der Waals surface area contributed by atoms with E-state index in [2.05, 4.69) is 9.88 Å². The molecule has 1 saturated heterocycles. The quantitative estimate of drug-likeness (QED) is 0.914. The molecule has 1 aliphatic rings. The maximum absolute atomic E-state index is 11.4. The third kappa shape index (κ3) is 3.51. The second-order valence-electron chi connectivity index (χ2n) is 5.22. The van der Waals surface area contributed by atoms with E-state index in [0.29, 0.717) is 10.6 Å². The van der Waals surface area contributed by atoms with Gasteiger partial charge in [0.25, 0.3) is 0 Å². The summed E-state index contributed by atoms with van der Waals surface area (Å²) in [5, 5.41) is 12.2. The Balaban J connectivity index is 1.74. The number of hydrogen-bond acceptors (Lipinski definition) is 5. The Morgan fingerprint density at radius 2 is 2.14 bits per heavy atom. The van der Waals surface area contributed by atoms with Crippen LogP contribution in [0.3, 0.4) is 0 Å². The molecular weight excluding hydrogens is 304 g/mol. The maximum Gasteiger partial charge on any atom is 0.348 e. The number of aromatic carboxylic acids is 1. The molecule has 4 nitrogen and oxygen atoms in total. The number of thiophene rings is 1. The number of carbonyl (C=O) groups is 1. The highest BCUT2D eigenvalue weighted by atomic mass is 32.1. The summed E-state index contributed by atoms with van der Waals surface area (Å²) in [4.78, 5) is 19.7. The Morgan fingerprint density at radius 1 is 1.33 bits per heavy atom. The summed E-state index contributed by atoms with van der Waals surface area (Å²) in [7, 11) is 0. The Morgan fingerprint density at radius 3 is 2.81 bits per heavy atom. The lowest BCUT2D eigenvalue weighted by atomic mass is 10.1. The van der Waals surface area contributed by atoms with Crippen LogP contribution in [0.1, 0.15) is 33.9 Å². The minimum Gasteiger partial charge on any atom is -0.477 e. The van der Waals surface area contributed by atoms with Gasteiger partial charge in [-0.2, -0.15) is 0 Å². The van der Waals surface area contributed by atoms with Gasteiger partial charge in [0.2, 0.25) is 0 Å². The summed E-state index contributed by atoms with van der Waals surface area (Å²) in [6, 6.07) is 3.86. The molecule has 0 aromatic carbocycles. The molecule has 1 N–H and O–H groups in total. The predicted molar refractivity (Wildman–Crippen MR) is 86.4 cm³/mol. The average Bonchev–Trinajstić information content (AvgIpc) is 3.15. The highest BCUT2D eigenvalue weighted by Crippen LogP contribution is 2.31. The van der Waals surface area contributed by atoms with Crippen LogP contribution in [-0.4, -0.2) is 40.6 Å². The van der Waals surface area contributed by atoms with Crippen LogP contribution in [-0.2, 0) is 6.42 Å². The fourth-order valence-corrected chi connectivity index (χ4v) is 4.32. The van der Waals surface area contributed by atoms with E-state index >= 15 is 0 Å². The van der Waals surface area contributed by atoms with E-state index < -0.39 is 5.97 Å². The first kappa shape index (κ1) is 14.7. The van der Waals surface area contributed by atoms with Crippen LogP contribution in [0.25, 0.3) is 10.6 Å². The van der Waals surface area contributed by atoms with E-state index in [1.165, 1.54) is 41.9 Å². The lowest BCUT2D eigenvalue weighted by molar-refractivity contribution is 0.0703. The minimum absolute atomic E-state index is 0.367. The van der Waals surface area contributed by atoms with E-state index in [9.17, 15) is 9.90 Å². The number of rotatable bonds is 5. The zero-order valence-corrected chi connectivity index (χ0v) is 13.4. The van der Waals surface area contributed by atoms with Gasteiger partial charge in [-0.15, -0.1) is 22.7 Å². The number of carboxylic acid groups (broad SMARTS) is 1. The lowest BCUT2D eigenvalue weighted by Gasteiger charge is -2.25. The summed E-state index contributed by atoms with van der Waals surface area (Å²) < 4.78 is 0. The molecule has 1 aliphatic heterocycles. The van der Waals surface area contributed by atoms with Crippen LogP contribution < -0.4 is 0 Å². The normalized spacial score (nSPS) is 16.2. The SMILES string of the molecule is O=C(O)c1sc(CCN2CCCCC2)nc1-c1cccs1. The van der Waals surface area contributed by atoms with E-state index in [-0.39, 0.29) is 0 Å². The number of aromatic nitrogens is 1. The molecule has 1 fully saturated rings. The van der Waals surface area contributed by atoms with Crippen LogP contribution in [0, 0.1) is 0 Å². The maximum atomic E-state index is 11.4. The molecule has 0 bridgehead atoms. The standard InChI is InChI=1S/C15H18N2O2S2/c18-15(19)14-13(11-5-4-10-20-11)16-12(21-14)6-9-17-7-2-1-3-8-17/h4-5,10H,1-3,6-9H2,(H,18,19). The first-order chi connectivity index (χ1) is 10.2. The first-order valence-corrected chi connectivity index (χ1v) is 8.93. The topological polar surface area (TPSA) is 53.4 Å². The summed E-state index contributed by atoms with van der Waals surface area (Å²) in [6.07, 6.45) is 4.73. The Hall–Kier alpha value is -1.24. The second-order valence-corrected chi connectivity index (χ2v) is 7.25. The first-order valence-electron chi connectivity index (χ1n) is 7.23. The smallest absolute Gasteiger partial charge is 0.348 e. The van der Waals surface area contributed by atoms with Gasteiger partial charge in [0.05, 0.1) is 9.88 Å². The summed E-state index contributed by atoms with van der Waals surface area (Å²) >= 11 is 2.86. The highest BCUT2D eigenvalue weighted by Gasteiger charge is 2.20. The molecule has 2 aromatic heterocycles. The van der Waals surface area contributed by atoms with Crippen LogP contribution >= 0.6 is 22.7 Å². The summed E-state index contributed by atoms with van der Waals surface area (Å²) in [6.45, 7) is 3.31. The molecule has 0 spiro atoms. The fraction of sp³-hybridized carbons (Fsp3) is 0.467. The second kappa shape index (κ2) is 6.68. The number of likely N-dealkylation sites (tertiary alicyclic amines) is 1. The molecule has 0 aliphatic carbocycles. The third-order valence-corrected chi connectivity index (χ3v) is 5.69. The van der Waals surface area contributed by atoms with Crippen molar-refractivity contribution in [3.8, 4) is 10.6 Å². The Bertz CT molecular complexity index is 601. The monoisotopic (exact) mass is 322 g/mol. The largest absolute Gasteiger partial charge is 0.477 e. The lowest BCUT2D eigenvalue weighted by Crippen LogP contribution is -2.31. The van der Waals surface area contributed by atoms with Crippen molar-refractivity contribution in [3.05, 3.63) is 27.4 Å². The van der Waals surface area contributed by atoms with Gasteiger partial charge in [-0.25, -0.2) is 9.78 Å². The molecular formula is C15H18N2O2S2. The molecule has 6 heteroatoms. The van der Waals surface area contributed by atoms with Crippen molar-refractivity contribution in [2.24, 2.45) is 0 Å². The summed E-state index contributed by atoms with van der Waals surface area (Å²) in [5.41, 5.74) is 0.635. The van der Waals surface area contributed by atoms with Crippen molar-refractivity contribution >= 4 is 28.6 Å². The minimum atomic E-state index is -0.875. The van der Waals surface area contributed by atoms with Crippen LogP contribution in [0.4, 0.5) is 0 Å². The van der Waals surface area contributed by atoms with E-state index in [1.54, 1.807) is 0 Å². The van der Waals surface area contributed by atoms with Crippen molar-refractivity contribution in [3.63, 3.8) is 0 Å². The van der Waals surface area contributed by atoms with Gasteiger partial charge >= 0.3 is 5.97 Å². The van der Waals surface area contributed by atoms with Gasteiger partial charge in [0.15, 0.2) is 0 Å². The van der Waals surface area contributed by atoms with Gasteiger partial charge in [0.1, 0.15) is 10.6 Å². The molecule has 0 radical (unpaired) electrons. The average molecular weight is 322 g/mol. The zero-order valence-electron chi connectivity index (χ0n) is 11.7. The van der Waals surface area contributed by atoms with Crippen molar-refractivity contribution in [2.45, 2.75) is 25.7 Å². The number of piperidine rings is 1. The molecule has 0 saturated carbocycles. The number of carboxylic acids is 1. The molecule has 112 valence electrons. The molecule has 0 atom stereocenters. The van der Waals surface area contributed by atoms with Crippen LogP contribution in [0.2, 0.25) is 0 Å². The molecule has 3 heterocycles. The third-order valence-electron chi connectivity index (χ3n) is 3.71. The predicted octanol–water partition coefficient (Wildman–Crippen LogP) is 3.60. The highest BCUT2D eigenvalue weighted by molar-refractivity contribution is 7.16. The number of thiazole rings is 1. The van der Waals surface area contributed by atoms with Crippen molar-refractivity contribution in [2.75, 3.05) is 19.6 Å². The van der Waals surface area contributed by atoms with Gasteiger partial charge in [0, 0.05) is 13.0 Å². The van der Waals surface area contributed by atoms with Gasteiger partial charge in [-0.1, -0.05) is 12.5 Å². The van der Waals surface area contributed by atoms with E-state index in [0.717, 1.165) is 35.9 Å². The van der Waals surface area contributed by atoms with Gasteiger partial charge in [-0.3, -0.25) is 0 Å². The van der Waals surface area contributed by atoms with Gasteiger partial charge in [-0.05, 0) is 37.4 Å². The molecule has 0 unspecified atom stereocenters. The summed E-state index contributed by atoms with van der Waals surface area (Å²) in [5.74, 6) is -0.875. The molecule has 0 amide bonds. The fourth-order valence-electron chi connectivity index (χ4n) is 2.63. The van der Waals surface area contributed by atoms with E-state index in [1.807, 2.05) is 17.5 Å². The Kier molecular flexibility index (Phi) is 4.67. The number of nitrogens with zero attached hydrogens (tertiary/aromatic N) is 2. The van der Waals surface area contributed by atoms with Crippen molar-refractivity contribution in [1.82, 2.24) is 9.88 Å².